The molecule has 1 aromatic carbocycles. The van der Waals surface area contributed by atoms with Crippen molar-refractivity contribution in [3.05, 3.63) is 29.8 Å². The van der Waals surface area contributed by atoms with E-state index in [1.54, 1.807) is 7.11 Å². The van der Waals surface area contributed by atoms with Gasteiger partial charge in [-0.15, -0.1) is 0 Å². The van der Waals surface area contributed by atoms with Gasteiger partial charge < -0.3 is 14.3 Å². The van der Waals surface area contributed by atoms with Crippen molar-refractivity contribution in [2.45, 2.75) is 63.9 Å². The van der Waals surface area contributed by atoms with Gasteiger partial charge in [0, 0.05) is 6.61 Å². The Labute approximate surface area is 138 Å². The molecule has 1 aromatic rings. The summed E-state index contributed by atoms with van der Waals surface area (Å²) in [5.41, 5.74) is 1.35. The minimum atomic E-state index is -0.168. The second-order valence-corrected chi connectivity index (χ2v) is 6.09. The summed E-state index contributed by atoms with van der Waals surface area (Å²) in [6.07, 6.45) is 9.66. The Morgan fingerprint density at radius 1 is 1.05 bits per heavy atom. The van der Waals surface area contributed by atoms with Crippen LogP contribution in [-0.2, 0) is 10.8 Å². The molecule has 0 spiro atoms. The number of methoxy groups -OCH3 is 1. The third-order valence-electron chi connectivity index (χ3n) is 3.92. The van der Waals surface area contributed by atoms with Crippen molar-refractivity contribution >= 4 is 10.5 Å². The smallest absolute Gasteiger partial charge is 0.246 e. The fraction of sp³-hybridized carbons (Fsp3) is 0.667. The minimum Gasteiger partial charge on any atom is -0.497 e. The van der Waals surface area contributed by atoms with Gasteiger partial charge in [0.25, 0.3) is 0 Å². The van der Waals surface area contributed by atoms with Crippen molar-refractivity contribution in [3.8, 4) is 5.75 Å². The molecule has 0 heterocycles. The van der Waals surface area contributed by atoms with Gasteiger partial charge in [-0.1, -0.05) is 37.8 Å². The van der Waals surface area contributed by atoms with E-state index >= 15 is 0 Å². The van der Waals surface area contributed by atoms with Gasteiger partial charge in [0.2, 0.25) is 10.5 Å². The number of unbranched alkanes of at least 4 members (excludes halogenated alkanes) is 4. The van der Waals surface area contributed by atoms with Crippen LogP contribution in [0.5, 0.6) is 5.75 Å². The standard InChI is InChI=1S/C18H29O3Si/c1-20-18-13-7-10-16(15-18)9-5-3-2-4-6-11-17(19)12-8-14-21-22/h7,10,13,15,17,19H,2-6,8-9,11-12,14H2,1H3. The summed E-state index contributed by atoms with van der Waals surface area (Å²) in [4.78, 5) is 0. The average molecular weight is 322 g/mol. The van der Waals surface area contributed by atoms with Crippen LogP contribution >= 0.6 is 0 Å². The van der Waals surface area contributed by atoms with Gasteiger partial charge in [-0.05, 0) is 49.8 Å². The van der Waals surface area contributed by atoms with Crippen LogP contribution in [0.4, 0.5) is 0 Å². The molecular weight excluding hydrogens is 292 g/mol. The van der Waals surface area contributed by atoms with Crippen LogP contribution in [-0.4, -0.2) is 35.4 Å². The van der Waals surface area contributed by atoms with Gasteiger partial charge in [0.15, 0.2) is 0 Å². The van der Waals surface area contributed by atoms with Gasteiger partial charge in [-0.3, -0.25) is 0 Å². The van der Waals surface area contributed by atoms with E-state index in [-0.39, 0.29) is 6.10 Å². The van der Waals surface area contributed by atoms with Gasteiger partial charge in [-0.2, -0.15) is 0 Å². The van der Waals surface area contributed by atoms with E-state index in [4.69, 9.17) is 9.16 Å². The highest BCUT2D eigenvalue weighted by Gasteiger charge is 2.03. The van der Waals surface area contributed by atoms with Gasteiger partial charge in [-0.25, -0.2) is 0 Å². The Balaban J connectivity index is 1.97. The van der Waals surface area contributed by atoms with Crippen LogP contribution < -0.4 is 4.74 Å². The zero-order valence-corrected chi connectivity index (χ0v) is 14.7. The number of aliphatic hydroxyl groups is 1. The first-order valence-corrected chi connectivity index (χ1v) is 8.76. The second kappa shape index (κ2) is 12.7. The number of ether oxygens (including phenoxy) is 1. The molecule has 1 rings (SSSR count). The van der Waals surface area contributed by atoms with Crippen molar-refractivity contribution < 1.29 is 14.3 Å². The van der Waals surface area contributed by atoms with E-state index < -0.39 is 0 Å². The first kappa shape index (κ1) is 19.2. The molecule has 0 fully saturated rings. The Morgan fingerprint density at radius 3 is 2.55 bits per heavy atom. The van der Waals surface area contributed by atoms with Crippen molar-refractivity contribution in [2.24, 2.45) is 0 Å². The monoisotopic (exact) mass is 321 g/mol. The maximum atomic E-state index is 9.79. The highest BCUT2D eigenvalue weighted by atomic mass is 28.2. The number of aliphatic hydroxyl groups excluding tert-OH is 1. The van der Waals surface area contributed by atoms with E-state index in [0.29, 0.717) is 6.61 Å². The summed E-state index contributed by atoms with van der Waals surface area (Å²) >= 11 is 0. The molecule has 0 bridgehead atoms. The molecule has 3 radical (unpaired) electrons. The SMILES string of the molecule is COc1cccc(CCCCCCCC(O)CCCO[Si])c1. The molecule has 1 unspecified atom stereocenters. The molecule has 22 heavy (non-hydrogen) atoms. The highest BCUT2D eigenvalue weighted by Crippen LogP contribution is 2.16. The predicted octanol–water partition coefficient (Wildman–Crippen LogP) is 3.82. The predicted molar refractivity (Wildman–Crippen MR) is 91.3 cm³/mol. The summed E-state index contributed by atoms with van der Waals surface area (Å²) < 4.78 is 10.0. The summed E-state index contributed by atoms with van der Waals surface area (Å²) in [6, 6.07) is 8.32. The van der Waals surface area contributed by atoms with E-state index in [1.807, 2.05) is 6.07 Å². The molecule has 0 aliphatic rings. The molecule has 4 heteroatoms. The first-order chi connectivity index (χ1) is 10.8. The number of aryl methyl sites for hydroxylation is 1. The van der Waals surface area contributed by atoms with Crippen LogP contribution in [0.1, 0.15) is 56.9 Å². The first-order valence-electron chi connectivity index (χ1n) is 8.35. The number of hydrogen-bond donors (Lipinski definition) is 1. The zero-order valence-electron chi connectivity index (χ0n) is 13.7. The van der Waals surface area contributed by atoms with Gasteiger partial charge in [0.1, 0.15) is 5.75 Å². The summed E-state index contributed by atoms with van der Waals surface area (Å²) in [7, 11) is 4.68. The molecule has 0 saturated carbocycles. The van der Waals surface area contributed by atoms with E-state index in [9.17, 15) is 5.11 Å². The largest absolute Gasteiger partial charge is 0.497 e. The highest BCUT2D eigenvalue weighted by molar-refractivity contribution is 5.97. The van der Waals surface area contributed by atoms with Crippen molar-refractivity contribution in [3.63, 3.8) is 0 Å². The normalized spacial score (nSPS) is 12.3. The van der Waals surface area contributed by atoms with Crippen molar-refractivity contribution in [1.29, 1.82) is 0 Å². The van der Waals surface area contributed by atoms with E-state index in [1.165, 1.54) is 31.2 Å². The average Bonchev–Trinajstić information content (AvgIpc) is 2.54. The molecule has 1 N–H and O–H groups in total. The second-order valence-electron chi connectivity index (χ2n) is 5.80. The van der Waals surface area contributed by atoms with Crippen LogP contribution in [0.25, 0.3) is 0 Å². The third-order valence-corrected chi connectivity index (χ3v) is 4.12. The topological polar surface area (TPSA) is 38.7 Å². The molecular formula is C18H29O3Si. The van der Waals surface area contributed by atoms with E-state index in [0.717, 1.165) is 37.9 Å². The van der Waals surface area contributed by atoms with E-state index in [2.05, 4.69) is 28.7 Å². The molecule has 0 aromatic heterocycles. The Morgan fingerprint density at radius 2 is 1.77 bits per heavy atom. The van der Waals surface area contributed by atoms with Crippen molar-refractivity contribution in [2.75, 3.05) is 13.7 Å². The lowest BCUT2D eigenvalue weighted by Gasteiger charge is -2.10. The lowest BCUT2D eigenvalue weighted by atomic mass is 10.0. The van der Waals surface area contributed by atoms with Crippen molar-refractivity contribution in [1.82, 2.24) is 0 Å². The Hall–Kier alpha value is -0.843. The molecule has 0 aliphatic heterocycles. The molecule has 0 saturated heterocycles. The zero-order chi connectivity index (χ0) is 16.0. The van der Waals surface area contributed by atoms with Crippen LogP contribution in [0.15, 0.2) is 24.3 Å². The number of hydrogen-bond acceptors (Lipinski definition) is 3. The maximum absolute atomic E-state index is 9.79. The molecule has 0 aliphatic carbocycles. The molecule has 3 nitrogen and oxygen atoms in total. The Bertz CT molecular complexity index is 384. The van der Waals surface area contributed by atoms with Crippen LogP contribution in [0, 0.1) is 0 Å². The summed E-state index contributed by atoms with van der Waals surface area (Å²) in [6.45, 7) is 0.665. The molecule has 0 amide bonds. The number of rotatable bonds is 13. The van der Waals surface area contributed by atoms with Gasteiger partial charge in [0.05, 0.1) is 13.2 Å². The third kappa shape index (κ3) is 9.23. The Kier molecular flexibility index (Phi) is 11.1. The van der Waals surface area contributed by atoms with Crippen LogP contribution in [0.3, 0.4) is 0 Å². The lowest BCUT2D eigenvalue weighted by molar-refractivity contribution is 0.141. The van der Waals surface area contributed by atoms with Gasteiger partial charge >= 0.3 is 0 Å². The fourth-order valence-electron chi connectivity index (χ4n) is 2.60. The maximum Gasteiger partial charge on any atom is 0.246 e. The fourth-order valence-corrected chi connectivity index (χ4v) is 2.75. The quantitative estimate of drug-likeness (QED) is 0.443. The van der Waals surface area contributed by atoms with Crippen LogP contribution in [0.2, 0.25) is 0 Å². The summed E-state index contributed by atoms with van der Waals surface area (Å²) in [5.74, 6) is 0.941. The lowest BCUT2D eigenvalue weighted by Crippen LogP contribution is -2.07. The summed E-state index contributed by atoms with van der Waals surface area (Å²) in [5, 5.41) is 9.79. The molecule has 1 atom stereocenters. The minimum absolute atomic E-state index is 0.168. The molecule has 123 valence electrons. The number of benzene rings is 1.